The Morgan fingerprint density at radius 2 is 1.24 bits per heavy atom. The number of ketones is 1. The van der Waals surface area contributed by atoms with Crippen molar-refractivity contribution in [3.8, 4) is 0 Å². The second kappa shape index (κ2) is 12.1. The van der Waals surface area contributed by atoms with Gasteiger partial charge in [-0.2, -0.15) is 0 Å². The summed E-state index contributed by atoms with van der Waals surface area (Å²) in [5.41, 5.74) is -2.62. The van der Waals surface area contributed by atoms with Crippen LogP contribution in [0, 0.1) is 10.8 Å². The SMILES string of the molecule is C=C(C)C(=O)OC(C)(C)CCOC(C)(C)C(C)(C)C(C)OC(C)(C)C(C)(C)COC(C)(C)C(=O)C(=C)C. The third kappa shape index (κ3) is 9.63. The van der Waals surface area contributed by atoms with Crippen LogP contribution in [0.15, 0.2) is 24.3 Å². The van der Waals surface area contributed by atoms with Gasteiger partial charge in [-0.1, -0.05) is 40.9 Å². The van der Waals surface area contributed by atoms with E-state index in [0.717, 1.165) is 0 Å². The molecule has 0 aliphatic heterocycles. The van der Waals surface area contributed by atoms with Gasteiger partial charge in [-0.05, 0) is 81.7 Å². The summed E-state index contributed by atoms with van der Waals surface area (Å²) >= 11 is 0. The van der Waals surface area contributed by atoms with E-state index in [-0.39, 0.29) is 17.3 Å². The highest BCUT2D eigenvalue weighted by Gasteiger charge is 2.48. The Hall–Kier alpha value is -1.50. The number of esters is 1. The van der Waals surface area contributed by atoms with Gasteiger partial charge in [0, 0.05) is 22.8 Å². The van der Waals surface area contributed by atoms with E-state index in [1.165, 1.54) is 0 Å². The summed E-state index contributed by atoms with van der Waals surface area (Å²) in [5, 5.41) is 0. The van der Waals surface area contributed by atoms with Crippen molar-refractivity contribution in [2.45, 2.75) is 139 Å². The summed E-state index contributed by atoms with van der Waals surface area (Å²) < 4.78 is 24.7. The average molecular weight is 525 g/mol. The lowest BCUT2D eigenvalue weighted by Gasteiger charge is -2.50. The number of carbonyl (C=O) groups is 2. The third-order valence-corrected chi connectivity index (χ3v) is 8.28. The normalized spacial score (nSPS) is 14.8. The third-order valence-electron chi connectivity index (χ3n) is 8.28. The molecular formula is C31H56O6. The molecule has 0 radical (unpaired) electrons. The number of hydrogen-bond donors (Lipinski definition) is 0. The van der Waals surface area contributed by atoms with Crippen LogP contribution in [0.2, 0.25) is 0 Å². The van der Waals surface area contributed by atoms with Crippen molar-refractivity contribution in [3.05, 3.63) is 24.3 Å². The van der Waals surface area contributed by atoms with E-state index in [0.29, 0.717) is 30.8 Å². The first kappa shape index (κ1) is 35.5. The van der Waals surface area contributed by atoms with Crippen molar-refractivity contribution in [3.63, 3.8) is 0 Å². The van der Waals surface area contributed by atoms with Gasteiger partial charge in [-0.3, -0.25) is 4.79 Å². The first-order chi connectivity index (χ1) is 16.2. The molecule has 0 N–H and O–H groups in total. The van der Waals surface area contributed by atoms with Gasteiger partial charge >= 0.3 is 5.97 Å². The predicted molar refractivity (Wildman–Crippen MR) is 152 cm³/mol. The standard InChI is InChI=1S/C31H56O6/c1-21(2)24(32)29(12,13)35-20-26(6,7)30(14,15)36-23(5)28(10,11)31(16,17)34-19-18-27(8,9)37-25(33)22(3)4/h23H,1,3,18-20H2,2,4-17H3. The quantitative estimate of drug-likeness (QED) is 0.156. The van der Waals surface area contributed by atoms with Gasteiger partial charge in [0.1, 0.15) is 11.2 Å². The molecule has 0 heterocycles. The number of Topliss-reactive ketones (excluding diaryl/α,β-unsaturated/α-hetero) is 1. The molecule has 0 saturated heterocycles. The van der Waals surface area contributed by atoms with E-state index in [1.54, 1.807) is 27.7 Å². The lowest BCUT2D eigenvalue weighted by Crippen LogP contribution is -2.55. The summed E-state index contributed by atoms with van der Waals surface area (Å²) in [4.78, 5) is 24.4. The van der Waals surface area contributed by atoms with Gasteiger partial charge in [0.25, 0.3) is 0 Å². The van der Waals surface area contributed by atoms with E-state index >= 15 is 0 Å². The molecule has 0 aromatic rings. The minimum atomic E-state index is -0.952. The maximum absolute atomic E-state index is 12.5. The minimum absolute atomic E-state index is 0.104. The molecule has 0 aromatic heterocycles. The zero-order chi connectivity index (χ0) is 29.8. The zero-order valence-corrected chi connectivity index (χ0v) is 26.6. The minimum Gasteiger partial charge on any atom is -0.456 e. The largest absolute Gasteiger partial charge is 0.456 e. The van der Waals surface area contributed by atoms with Crippen molar-refractivity contribution in [2.75, 3.05) is 13.2 Å². The van der Waals surface area contributed by atoms with Gasteiger partial charge in [-0.15, -0.1) is 0 Å². The van der Waals surface area contributed by atoms with E-state index in [2.05, 4.69) is 75.5 Å². The van der Waals surface area contributed by atoms with E-state index in [9.17, 15) is 9.59 Å². The summed E-state index contributed by atoms with van der Waals surface area (Å²) in [6, 6.07) is 0. The number of carbonyl (C=O) groups excluding carboxylic acids is 2. The summed E-state index contributed by atoms with van der Waals surface area (Å²) in [5.74, 6) is -0.499. The van der Waals surface area contributed by atoms with E-state index in [1.807, 2.05) is 13.8 Å². The van der Waals surface area contributed by atoms with Crippen molar-refractivity contribution < 1.29 is 28.5 Å². The van der Waals surface area contributed by atoms with Gasteiger partial charge in [0.05, 0.1) is 30.5 Å². The van der Waals surface area contributed by atoms with Crippen molar-refractivity contribution >= 4 is 11.8 Å². The smallest absolute Gasteiger partial charge is 0.333 e. The lowest BCUT2D eigenvalue weighted by atomic mass is 9.71. The second-order valence-corrected chi connectivity index (χ2v) is 13.8. The van der Waals surface area contributed by atoms with Gasteiger partial charge in [-0.25, -0.2) is 4.79 Å². The Morgan fingerprint density at radius 1 is 0.757 bits per heavy atom. The molecular weight excluding hydrogens is 468 g/mol. The van der Waals surface area contributed by atoms with Crippen LogP contribution >= 0.6 is 0 Å². The zero-order valence-electron chi connectivity index (χ0n) is 26.6. The molecule has 0 aliphatic rings. The van der Waals surface area contributed by atoms with Crippen molar-refractivity contribution in [1.29, 1.82) is 0 Å². The van der Waals surface area contributed by atoms with Crippen molar-refractivity contribution in [2.24, 2.45) is 10.8 Å². The Balaban J connectivity index is 5.36. The van der Waals surface area contributed by atoms with Gasteiger partial charge in [0.2, 0.25) is 0 Å². The molecule has 6 heteroatoms. The summed E-state index contributed by atoms with van der Waals surface area (Å²) in [6.07, 6.45) is 0.381. The molecule has 216 valence electrons. The van der Waals surface area contributed by atoms with Crippen LogP contribution in [0.4, 0.5) is 0 Å². The molecule has 0 saturated carbocycles. The molecule has 0 rings (SSSR count). The second-order valence-electron chi connectivity index (χ2n) is 13.8. The fourth-order valence-corrected chi connectivity index (χ4v) is 3.48. The van der Waals surface area contributed by atoms with Crippen LogP contribution in [0.1, 0.15) is 110 Å². The number of hydrogen-bond acceptors (Lipinski definition) is 6. The molecule has 1 atom stereocenters. The van der Waals surface area contributed by atoms with Gasteiger partial charge < -0.3 is 18.9 Å². The average Bonchev–Trinajstić information content (AvgIpc) is 2.70. The van der Waals surface area contributed by atoms with Crippen LogP contribution in [0.3, 0.4) is 0 Å². The Morgan fingerprint density at radius 3 is 1.68 bits per heavy atom. The molecule has 0 aliphatic carbocycles. The van der Waals surface area contributed by atoms with E-state index < -0.39 is 33.8 Å². The fourth-order valence-electron chi connectivity index (χ4n) is 3.48. The molecule has 0 bridgehead atoms. The summed E-state index contributed by atoms with van der Waals surface area (Å²) in [7, 11) is 0. The maximum atomic E-state index is 12.5. The van der Waals surface area contributed by atoms with Gasteiger partial charge in [0.15, 0.2) is 5.78 Å². The van der Waals surface area contributed by atoms with Crippen LogP contribution in [0.5, 0.6) is 0 Å². The molecule has 0 spiro atoms. The highest BCUT2D eigenvalue weighted by molar-refractivity contribution is 6.00. The van der Waals surface area contributed by atoms with E-state index in [4.69, 9.17) is 18.9 Å². The summed E-state index contributed by atoms with van der Waals surface area (Å²) in [6.45, 7) is 37.6. The maximum Gasteiger partial charge on any atom is 0.333 e. The molecule has 0 fully saturated rings. The predicted octanol–water partition coefficient (Wildman–Crippen LogP) is 7.25. The topological polar surface area (TPSA) is 71.1 Å². The Labute approximate surface area is 227 Å². The van der Waals surface area contributed by atoms with Crippen LogP contribution in [-0.2, 0) is 28.5 Å². The fraction of sp³-hybridized carbons (Fsp3) is 0.806. The first-order valence-electron chi connectivity index (χ1n) is 13.3. The molecule has 0 amide bonds. The van der Waals surface area contributed by atoms with Crippen molar-refractivity contribution in [1.82, 2.24) is 0 Å². The Bertz CT molecular complexity index is 842. The Kier molecular flexibility index (Phi) is 11.6. The highest BCUT2D eigenvalue weighted by Crippen LogP contribution is 2.44. The lowest BCUT2D eigenvalue weighted by molar-refractivity contribution is -0.221. The molecule has 0 aromatic carbocycles. The highest BCUT2D eigenvalue weighted by atomic mass is 16.6. The number of ether oxygens (including phenoxy) is 4. The molecule has 6 nitrogen and oxygen atoms in total. The molecule has 37 heavy (non-hydrogen) atoms. The van der Waals surface area contributed by atoms with Crippen LogP contribution < -0.4 is 0 Å². The molecule has 1 unspecified atom stereocenters. The van der Waals surface area contributed by atoms with Crippen LogP contribution in [0.25, 0.3) is 0 Å². The van der Waals surface area contributed by atoms with Crippen LogP contribution in [-0.4, -0.2) is 53.5 Å². The monoisotopic (exact) mass is 524 g/mol. The first-order valence-corrected chi connectivity index (χ1v) is 13.3. The number of rotatable bonds is 16.